The van der Waals surface area contributed by atoms with Crippen LogP contribution in [0.4, 0.5) is 10.1 Å². The van der Waals surface area contributed by atoms with Gasteiger partial charge in [-0.15, -0.1) is 0 Å². The summed E-state index contributed by atoms with van der Waals surface area (Å²) in [5, 5.41) is 2.41. The fourth-order valence-electron chi connectivity index (χ4n) is 3.04. The molecule has 0 saturated carbocycles. The number of ether oxygens (including phenoxy) is 1. The fraction of sp³-hybridized carbons (Fsp3) is 0.263. The summed E-state index contributed by atoms with van der Waals surface area (Å²) in [6.07, 6.45) is 1.19. The third-order valence-corrected chi connectivity index (χ3v) is 5.59. The summed E-state index contributed by atoms with van der Waals surface area (Å²) >= 11 is 0. The lowest BCUT2D eigenvalue weighted by Crippen LogP contribution is -2.49. The summed E-state index contributed by atoms with van der Waals surface area (Å²) in [5.74, 6) is -1.98. The molecule has 0 bridgehead atoms. The number of amides is 1. The van der Waals surface area contributed by atoms with Gasteiger partial charge >= 0.3 is 5.97 Å². The Morgan fingerprint density at radius 2 is 1.89 bits per heavy atom. The Bertz CT molecular complexity index is 1010. The standard InChI is InChI=1S/C19H19FN2O5S/c1-28(25,26)22-11-14-6-3-2-5-13(14)9-17(22)19(24)27-12-18(23)21-16-8-4-7-15(20)10-16/h2-8,10,17H,9,11-12H2,1H3,(H,21,23)/t17-/m0/s1. The summed E-state index contributed by atoms with van der Waals surface area (Å²) in [6, 6.07) is 11.5. The van der Waals surface area contributed by atoms with Gasteiger partial charge in [0.05, 0.1) is 6.26 Å². The highest BCUT2D eigenvalue weighted by atomic mass is 32.2. The van der Waals surface area contributed by atoms with Crippen LogP contribution in [0.15, 0.2) is 48.5 Å². The second-order valence-electron chi connectivity index (χ2n) is 6.46. The summed E-state index contributed by atoms with van der Waals surface area (Å²) in [6.45, 7) is -0.546. The average molecular weight is 406 g/mol. The van der Waals surface area contributed by atoms with E-state index in [1.54, 1.807) is 6.07 Å². The molecule has 0 spiro atoms. The van der Waals surface area contributed by atoms with Crippen LogP contribution in [0.25, 0.3) is 0 Å². The maximum atomic E-state index is 13.2. The SMILES string of the molecule is CS(=O)(=O)N1Cc2ccccc2C[C@H]1C(=O)OCC(=O)Nc1cccc(F)c1. The lowest BCUT2D eigenvalue weighted by atomic mass is 9.96. The molecule has 0 aliphatic carbocycles. The Kier molecular flexibility index (Phi) is 5.76. The minimum atomic E-state index is -3.66. The number of carbonyl (C=O) groups is 2. The summed E-state index contributed by atoms with van der Waals surface area (Å²) in [7, 11) is -3.66. The minimum absolute atomic E-state index is 0.0598. The molecule has 0 saturated heterocycles. The van der Waals surface area contributed by atoms with Crippen molar-refractivity contribution in [2.75, 3.05) is 18.2 Å². The van der Waals surface area contributed by atoms with Crippen LogP contribution in [-0.2, 0) is 37.3 Å². The zero-order valence-electron chi connectivity index (χ0n) is 15.1. The first-order valence-corrected chi connectivity index (χ1v) is 10.3. The van der Waals surface area contributed by atoms with E-state index >= 15 is 0 Å². The van der Waals surface area contributed by atoms with Crippen molar-refractivity contribution in [1.82, 2.24) is 4.31 Å². The van der Waals surface area contributed by atoms with E-state index in [0.717, 1.165) is 27.8 Å². The van der Waals surface area contributed by atoms with E-state index in [2.05, 4.69) is 5.32 Å². The van der Waals surface area contributed by atoms with Gasteiger partial charge in [0, 0.05) is 18.7 Å². The number of benzene rings is 2. The highest BCUT2D eigenvalue weighted by molar-refractivity contribution is 7.88. The van der Waals surface area contributed by atoms with Crippen LogP contribution >= 0.6 is 0 Å². The number of halogens is 1. The quantitative estimate of drug-likeness (QED) is 0.763. The van der Waals surface area contributed by atoms with Gasteiger partial charge in [-0.3, -0.25) is 9.59 Å². The lowest BCUT2D eigenvalue weighted by Gasteiger charge is -2.33. The van der Waals surface area contributed by atoms with Crippen molar-refractivity contribution in [3.8, 4) is 0 Å². The zero-order valence-corrected chi connectivity index (χ0v) is 15.9. The largest absolute Gasteiger partial charge is 0.454 e. The minimum Gasteiger partial charge on any atom is -0.454 e. The van der Waals surface area contributed by atoms with Gasteiger partial charge in [0.15, 0.2) is 6.61 Å². The predicted molar refractivity (Wildman–Crippen MR) is 100 cm³/mol. The monoisotopic (exact) mass is 406 g/mol. The van der Waals surface area contributed by atoms with E-state index in [9.17, 15) is 22.4 Å². The van der Waals surface area contributed by atoms with Crippen molar-refractivity contribution in [1.29, 1.82) is 0 Å². The van der Waals surface area contributed by atoms with Gasteiger partial charge < -0.3 is 10.1 Å². The zero-order chi connectivity index (χ0) is 20.3. The molecule has 1 heterocycles. The maximum Gasteiger partial charge on any atom is 0.325 e. The molecule has 2 aromatic carbocycles. The van der Waals surface area contributed by atoms with Gasteiger partial charge in [-0.2, -0.15) is 4.31 Å². The molecule has 148 valence electrons. The molecule has 1 aliphatic heterocycles. The Morgan fingerprint density at radius 1 is 1.18 bits per heavy atom. The Hall–Kier alpha value is -2.78. The third kappa shape index (κ3) is 4.73. The van der Waals surface area contributed by atoms with E-state index in [4.69, 9.17) is 4.74 Å². The summed E-state index contributed by atoms with van der Waals surface area (Å²) < 4.78 is 43.5. The lowest BCUT2D eigenvalue weighted by molar-refractivity contribution is -0.151. The average Bonchev–Trinajstić information content (AvgIpc) is 2.64. The molecule has 28 heavy (non-hydrogen) atoms. The van der Waals surface area contributed by atoms with Crippen LogP contribution in [0.1, 0.15) is 11.1 Å². The van der Waals surface area contributed by atoms with E-state index < -0.39 is 40.4 Å². The molecule has 0 aromatic heterocycles. The van der Waals surface area contributed by atoms with Crippen LogP contribution in [0.5, 0.6) is 0 Å². The third-order valence-electron chi connectivity index (χ3n) is 4.36. The Morgan fingerprint density at radius 3 is 2.57 bits per heavy atom. The topological polar surface area (TPSA) is 92.8 Å². The van der Waals surface area contributed by atoms with E-state index in [1.807, 2.05) is 18.2 Å². The summed E-state index contributed by atoms with van der Waals surface area (Å²) in [5.41, 5.74) is 1.90. The van der Waals surface area contributed by atoms with Crippen molar-refractivity contribution < 1.29 is 27.1 Å². The number of esters is 1. The van der Waals surface area contributed by atoms with Crippen LogP contribution < -0.4 is 5.32 Å². The molecule has 0 fully saturated rings. The molecule has 1 N–H and O–H groups in total. The molecule has 2 aromatic rings. The van der Waals surface area contributed by atoms with Gasteiger partial charge in [0.1, 0.15) is 11.9 Å². The number of hydrogen-bond donors (Lipinski definition) is 1. The van der Waals surface area contributed by atoms with Gasteiger partial charge in [-0.1, -0.05) is 30.3 Å². The van der Waals surface area contributed by atoms with Gasteiger partial charge in [0.25, 0.3) is 5.91 Å². The molecule has 7 nitrogen and oxygen atoms in total. The molecule has 1 atom stereocenters. The van der Waals surface area contributed by atoms with Crippen molar-refractivity contribution >= 4 is 27.6 Å². The molecule has 9 heteroatoms. The van der Waals surface area contributed by atoms with Crippen LogP contribution in [0, 0.1) is 5.82 Å². The number of sulfonamides is 1. The highest BCUT2D eigenvalue weighted by Gasteiger charge is 2.38. The van der Waals surface area contributed by atoms with Crippen molar-refractivity contribution in [2.24, 2.45) is 0 Å². The number of anilines is 1. The summed E-state index contributed by atoms with van der Waals surface area (Å²) in [4.78, 5) is 24.5. The molecular weight excluding hydrogens is 387 g/mol. The second kappa shape index (κ2) is 8.07. The van der Waals surface area contributed by atoms with Crippen molar-refractivity contribution in [3.05, 3.63) is 65.5 Å². The van der Waals surface area contributed by atoms with E-state index in [-0.39, 0.29) is 18.7 Å². The number of nitrogens with one attached hydrogen (secondary N) is 1. The Labute approximate surface area is 162 Å². The molecule has 3 rings (SSSR count). The number of carbonyl (C=O) groups excluding carboxylic acids is 2. The molecule has 0 radical (unpaired) electrons. The van der Waals surface area contributed by atoms with E-state index in [1.165, 1.54) is 18.2 Å². The predicted octanol–water partition coefficient (Wildman–Crippen LogP) is 1.69. The van der Waals surface area contributed by atoms with Gasteiger partial charge in [-0.05, 0) is 29.3 Å². The van der Waals surface area contributed by atoms with Crippen LogP contribution in [-0.4, -0.2) is 43.5 Å². The number of fused-ring (bicyclic) bond motifs is 1. The molecule has 1 aliphatic rings. The first-order chi connectivity index (χ1) is 13.2. The number of nitrogens with zero attached hydrogens (tertiary/aromatic N) is 1. The number of rotatable bonds is 5. The smallest absolute Gasteiger partial charge is 0.325 e. The van der Waals surface area contributed by atoms with Crippen molar-refractivity contribution in [2.45, 2.75) is 19.0 Å². The van der Waals surface area contributed by atoms with Crippen LogP contribution in [0.3, 0.4) is 0 Å². The Balaban J connectivity index is 1.67. The fourth-order valence-corrected chi connectivity index (χ4v) is 4.04. The van der Waals surface area contributed by atoms with E-state index in [0.29, 0.717) is 0 Å². The number of hydrogen-bond acceptors (Lipinski definition) is 5. The normalized spacial score (nSPS) is 16.9. The first-order valence-electron chi connectivity index (χ1n) is 8.49. The van der Waals surface area contributed by atoms with Crippen LogP contribution in [0.2, 0.25) is 0 Å². The molecule has 1 amide bonds. The van der Waals surface area contributed by atoms with Crippen molar-refractivity contribution in [3.63, 3.8) is 0 Å². The van der Waals surface area contributed by atoms with Gasteiger partial charge in [-0.25, -0.2) is 12.8 Å². The molecule has 0 unspecified atom stereocenters. The van der Waals surface area contributed by atoms with Gasteiger partial charge in [0.2, 0.25) is 10.0 Å². The first kappa shape index (κ1) is 20.0. The molecular formula is C19H19FN2O5S. The second-order valence-corrected chi connectivity index (χ2v) is 8.40. The highest BCUT2D eigenvalue weighted by Crippen LogP contribution is 2.26. The maximum absolute atomic E-state index is 13.2.